The highest BCUT2D eigenvalue weighted by Crippen LogP contribution is 2.50. The first-order valence-corrected chi connectivity index (χ1v) is 12.9. The molecule has 1 aliphatic carbocycles. The molecule has 0 bridgehead atoms. The Hall–Kier alpha value is -2.98. The van der Waals surface area contributed by atoms with Crippen molar-refractivity contribution >= 4 is 36.2 Å². The van der Waals surface area contributed by atoms with Crippen molar-refractivity contribution in [2.24, 2.45) is 17.8 Å². The minimum absolute atomic E-state index is 0.102. The van der Waals surface area contributed by atoms with E-state index in [9.17, 15) is 24.7 Å². The lowest BCUT2D eigenvalue weighted by Gasteiger charge is -2.30. The first-order valence-electron chi connectivity index (χ1n) is 12.9. The van der Waals surface area contributed by atoms with Crippen LogP contribution >= 0.6 is 0 Å². The summed E-state index contributed by atoms with van der Waals surface area (Å²) in [7, 11) is -1.68. The van der Waals surface area contributed by atoms with Crippen LogP contribution in [0.2, 0.25) is 0 Å². The molecule has 3 N–H and O–H groups in total. The molecule has 1 aromatic carbocycles. The first-order chi connectivity index (χ1) is 17.8. The molecule has 8 nitrogen and oxygen atoms in total. The van der Waals surface area contributed by atoms with Gasteiger partial charge < -0.3 is 24.3 Å². The SMILES string of the molecule is CC/C(=C\c1ccc(CO)o1)CC[C@H]1OC[C@H]2C1=C(C)C[C@H]1C(=O)N(c3cccc(B(O)O)c3)C(=O)[C@H]12. The maximum atomic E-state index is 13.6. The molecular formula is C28H32BNO7. The van der Waals surface area contributed by atoms with Crippen LogP contribution in [0.15, 0.2) is 57.5 Å². The molecule has 0 radical (unpaired) electrons. The first kappa shape index (κ1) is 25.7. The molecule has 2 aromatic rings. The highest BCUT2D eigenvalue weighted by molar-refractivity contribution is 6.58. The number of nitrogens with zero attached hydrogens (tertiary/aromatic N) is 1. The van der Waals surface area contributed by atoms with E-state index in [1.807, 2.05) is 19.1 Å². The zero-order valence-electron chi connectivity index (χ0n) is 21.1. The minimum atomic E-state index is -1.68. The van der Waals surface area contributed by atoms with Gasteiger partial charge in [-0.1, -0.05) is 30.2 Å². The van der Waals surface area contributed by atoms with Crippen molar-refractivity contribution in [1.82, 2.24) is 0 Å². The van der Waals surface area contributed by atoms with Gasteiger partial charge in [0.05, 0.1) is 30.2 Å². The number of hydrogen-bond donors (Lipinski definition) is 3. The predicted molar refractivity (Wildman–Crippen MR) is 138 cm³/mol. The van der Waals surface area contributed by atoms with E-state index in [1.165, 1.54) is 16.5 Å². The number of allylic oxidation sites excluding steroid dienone is 2. The molecule has 3 aliphatic rings. The fraction of sp³-hybridized carbons (Fsp3) is 0.429. The fourth-order valence-electron chi connectivity index (χ4n) is 6.13. The van der Waals surface area contributed by atoms with Gasteiger partial charge in [-0.3, -0.25) is 14.5 Å². The van der Waals surface area contributed by atoms with E-state index in [2.05, 4.69) is 6.92 Å². The van der Waals surface area contributed by atoms with Gasteiger partial charge >= 0.3 is 7.12 Å². The number of fused-ring (bicyclic) bond motifs is 3. The highest BCUT2D eigenvalue weighted by atomic mass is 16.5. The average Bonchev–Trinajstić information content (AvgIpc) is 3.59. The second kappa shape index (κ2) is 10.4. The molecule has 5 rings (SSSR count). The molecule has 194 valence electrons. The summed E-state index contributed by atoms with van der Waals surface area (Å²) in [5.41, 5.74) is 4.08. The van der Waals surface area contributed by atoms with Gasteiger partial charge in [-0.2, -0.15) is 0 Å². The topological polar surface area (TPSA) is 120 Å². The summed E-state index contributed by atoms with van der Waals surface area (Å²) in [5.74, 6) is -0.274. The quantitative estimate of drug-likeness (QED) is 0.287. The van der Waals surface area contributed by atoms with Crippen molar-refractivity contribution in [2.45, 2.75) is 52.2 Å². The number of aliphatic hydroxyl groups is 1. The Kier molecular flexibility index (Phi) is 7.22. The van der Waals surface area contributed by atoms with E-state index in [0.29, 0.717) is 24.5 Å². The number of aliphatic hydroxyl groups excluding tert-OH is 1. The number of carbonyl (C=O) groups excluding carboxylic acids is 2. The number of amides is 2. The monoisotopic (exact) mass is 505 g/mol. The molecule has 4 atom stereocenters. The molecule has 0 saturated carbocycles. The third-order valence-electron chi connectivity index (χ3n) is 7.95. The molecule has 2 saturated heterocycles. The van der Waals surface area contributed by atoms with Gasteiger partial charge in [-0.05, 0) is 74.0 Å². The van der Waals surface area contributed by atoms with Crippen LogP contribution in [-0.4, -0.2) is 46.8 Å². The van der Waals surface area contributed by atoms with E-state index in [1.54, 1.807) is 24.3 Å². The Balaban J connectivity index is 1.33. The van der Waals surface area contributed by atoms with Crippen LogP contribution in [0.4, 0.5) is 5.69 Å². The van der Waals surface area contributed by atoms with E-state index >= 15 is 0 Å². The lowest BCUT2D eigenvalue weighted by Crippen LogP contribution is -2.35. The van der Waals surface area contributed by atoms with Gasteiger partial charge in [-0.25, -0.2) is 0 Å². The number of carbonyl (C=O) groups is 2. The largest absolute Gasteiger partial charge is 0.488 e. The molecule has 0 spiro atoms. The standard InChI is InChI=1S/C28H32BNO7/c1-3-17(12-20-8-9-21(14-31)37-20)7-10-24-25-16(2)11-22-26(23(25)15-36-24)28(33)30(27(22)32)19-6-4-5-18(13-19)29(34)35/h4-6,8-9,12-13,22-24,26,31,34-35H,3,7,10-11,14-15H2,1-2H3/b17-12+/t22-,23+,24-,26-/m1/s1. The second-order valence-electron chi connectivity index (χ2n) is 10.1. The lowest BCUT2D eigenvalue weighted by molar-refractivity contribution is -0.122. The number of furan rings is 1. The number of hydrogen-bond acceptors (Lipinski definition) is 7. The summed E-state index contributed by atoms with van der Waals surface area (Å²) in [4.78, 5) is 28.2. The lowest BCUT2D eigenvalue weighted by atomic mass is 9.70. The van der Waals surface area contributed by atoms with Crippen LogP contribution in [0.3, 0.4) is 0 Å². The van der Waals surface area contributed by atoms with Gasteiger partial charge in [0.25, 0.3) is 0 Å². The van der Waals surface area contributed by atoms with Crippen LogP contribution in [0, 0.1) is 17.8 Å². The molecule has 9 heteroatoms. The summed E-state index contributed by atoms with van der Waals surface area (Å²) in [6, 6.07) is 9.90. The number of rotatable bonds is 8. The summed E-state index contributed by atoms with van der Waals surface area (Å²) < 4.78 is 11.8. The molecular weight excluding hydrogens is 473 g/mol. The molecule has 37 heavy (non-hydrogen) atoms. The number of anilines is 1. The van der Waals surface area contributed by atoms with Crippen LogP contribution in [-0.2, 0) is 20.9 Å². The number of ether oxygens (including phenoxy) is 1. The second-order valence-corrected chi connectivity index (χ2v) is 10.1. The normalized spacial score (nSPS) is 25.6. The van der Waals surface area contributed by atoms with Crippen LogP contribution in [0.1, 0.15) is 51.1 Å². The van der Waals surface area contributed by atoms with Crippen molar-refractivity contribution in [2.75, 3.05) is 11.5 Å². The fourth-order valence-corrected chi connectivity index (χ4v) is 6.13. The Labute approximate surface area is 216 Å². The third-order valence-corrected chi connectivity index (χ3v) is 7.95. The van der Waals surface area contributed by atoms with Crippen molar-refractivity contribution in [1.29, 1.82) is 0 Å². The van der Waals surface area contributed by atoms with Gasteiger partial charge in [0.15, 0.2) is 0 Å². The average molecular weight is 505 g/mol. The van der Waals surface area contributed by atoms with Crippen molar-refractivity contribution < 1.29 is 33.9 Å². The maximum Gasteiger partial charge on any atom is 0.488 e. The van der Waals surface area contributed by atoms with Crippen LogP contribution in [0.25, 0.3) is 6.08 Å². The summed E-state index contributed by atoms with van der Waals surface area (Å²) in [5, 5.41) is 28.3. The molecule has 2 fully saturated rings. The summed E-state index contributed by atoms with van der Waals surface area (Å²) in [6.07, 6.45) is 4.87. The van der Waals surface area contributed by atoms with Crippen molar-refractivity contribution in [3.8, 4) is 0 Å². The van der Waals surface area contributed by atoms with Crippen molar-refractivity contribution in [3.05, 3.63) is 64.6 Å². The molecule has 0 unspecified atom stereocenters. The van der Waals surface area contributed by atoms with Crippen LogP contribution < -0.4 is 10.4 Å². The van der Waals surface area contributed by atoms with Crippen LogP contribution in [0.5, 0.6) is 0 Å². The van der Waals surface area contributed by atoms with Gasteiger partial charge in [0, 0.05) is 5.92 Å². The molecule has 1 aromatic heterocycles. The third kappa shape index (κ3) is 4.72. The zero-order chi connectivity index (χ0) is 26.3. The van der Waals surface area contributed by atoms with E-state index < -0.39 is 19.0 Å². The maximum absolute atomic E-state index is 13.6. The van der Waals surface area contributed by atoms with Crippen molar-refractivity contribution in [3.63, 3.8) is 0 Å². The smallest absolute Gasteiger partial charge is 0.459 e. The van der Waals surface area contributed by atoms with E-state index in [0.717, 1.165) is 36.2 Å². The number of benzene rings is 1. The van der Waals surface area contributed by atoms with Gasteiger partial charge in [0.1, 0.15) is 18.1 Å². The van der Waals surface area contributed by atoms with E-state index in [-0.39, 0.29) is 35.9 Å². The zero-order valence-corrected chi connectivity index (χ0v) is 21.1. The Morgan fingerprint density at radius 1 is 1.16 bits per heavy atom. The summed E-state index contributed by atoms with van der Waals surface area (Å²) >= 11 is 0. The summed E-state index contributed by atoms with van der Waals surface area (Å²) in [6.45, 7) is 4.41. The molecule has 2 aliphatic heterocycles. The van der Waals surface area contributed by atoms with E-state index in [4.69, 9.17) is 9.15 Å². The van der Waals surface area contributed by atoms with Gasteiger partial charge in [-0.15, -0.1) is 0 Å². The predicted octanol–water partition coefficient (Wildman–Crippen LogP) is 2.57. The Morgan fingerprint density at radius 3 is 2.68 bits per heavy atom. The number of imide groups is 1. The van der Waals surface area contributed by atoms with Gasteiger partial charge in [0.2, 0.25) is 11.8 Å². The Morgan fingerprint density at radius 2 is 1.97 bits per heavy atom. The Bertz CT molecular complexity index is 1260. The highest BCUT2D eigenvalue weighted by Gasteiger charge is 2.56. The molecule has 3 heterocycles. The molecule has 2 amide bonds. The minimum Gasteiger partial charge on any atom is -0.459 e.